The van der Waals surface area contributed by atoms with E-state index in [1.165, 1.54) is 17.4 Å². The van der Waals surface area contributed by atoms with E-state index in [-0.39, 0.29) is 12.2 Å². The molecular formula is C25H22N2O4S. The van der Waals surface area contributed by atoms with Crippen LogP contribution in [0.3, 0.4) is 0 Å². The molecule has 1 aromatic heterocycles. The summed E-state index contributed by atoms with van der Waals surface area (Å²) < 4.78 is 12.6. The highest BCUT2D eigenvalue weighted by molar-refractivity contribution is 7.07. The van der Waals surface area contributed by atoms with Crippen molar-refractivity contribution >= 4 is 23.4 Å². The van der Waals surface area contributed by atoms with Crippen LogP contribution in [-0.2, 0) is 9.53 Å². The van der Waals surface area contributed by atoms with Crippen molar-refractivity contribution in [2.24, 2.45) is 4.99 Å². The largest absolute Gasteiger partial charge is 0.497 e. The minimum Gasteiger partial charge on any atom is -0.497 e. The maximum atomic E-state index is 13.5. The van der Waals surface area contributed by atoms with Gasteiger partial charge in [-0.2, -0.15) is 0 Å². The van der Waals surface area contributed by atoms with Crippen molar-refractivity contribution < 1.29 is 14.3 Å². The molecule has 1 atom stereocenters. The van der Waals surface area contributed by atoms with Crippen molar-refractivity contribution in [2.75, 3.05) is 13.7 Å². The molecule has 4 rings (SSSR count). The Morgan fingerprint density at radius 1 is 1.19 bits per heavy atom. The third kappa shape index (κ3) is 4.07. The van der Waals surface area contributed by atoms with Crippen molar-refractivity contribution in [2.45, 2.75) is 13.0 Å². The normalized spacial score (nSPS) is 15.7. The number of carbonyl (C=O) groups is 1. The van der Waals surface area contributed by atoms with Crippen LogP contribution in [0.2, 0.25) is 0 Å². The highest BCUT2D eigenvalue weighted by Crippen LogP contribution is 2.30. The van der Waals surface area contributed by atoms with Crippen LogP contribution in [0.15, 0.2) is 88.3 Å². The first kappa shape index (κ1) is 21.5. The second-order valence-corrected chi connectivity index (χ2v) is 8.16. The van der Waals surface area contributed by atoms with Crippen molar-refractivity contribution in [1.82, 2.24) is 4.57 Å². The number of hydrogen-bond donors (Lipinski definition) is 0. The summed E-state index contributed by atoms with van der Waals surface area (Å²) in [5.74, 6) is 0.232. The SMILES string of the molecule is C=CCOC(=O)C1=C(C)N=c2s/c(=C/c3ccc(OC)cc3)c(=O)n2C1c1ccccc1. The molecule has 1 aliphatic heterocycles. The van der Waals surface area contributed by atoms with Crippen molar-refractivity contribution in [3.05, 3.63) is 109 Å². The molecular weight excluding hydrogens is 424 g/mol. The molecule has 0 bridgehead atoms. The average molecular weight is 447 g/mol. The molecule has 6 nitrogen and oxygen atoms in total. The molecule has 1 unspecified atom stereocenters. The summed E-state index contributed by atoms with van der Waals surface area (Å²) in [5.41, 5.74) is 2.35. The van der Waals surface area contributed by atoms with E-state index in [2.05, 4.69) is 11.6 Å². The van der Waals surface area contributed by atoms with Gasteiger partial charge in [0.1, 0.15) is 12.4 Å². The van der Waals surface area contributed by atoms with Gasteiger partial charge in [-0.05, 0) is 36.3 Å². The fraction of sp³-hybridized carbons (Fsp3) is 0.160. The number of esters is 1. The first-order valence-electron chi connectivity index (χ1n) is 10.0. The highest BCUT2D eigenvalue weighted by atomic mass is 32.1. The lowest BCUT2D eigenvalue weighted by molar-refractivity contribution is -0.138. The summed E-state index contributed by atoms with van der Waals surface area (Å²) in [6, 6.07) is 16.3. The number of thiazole rings is 1. The number of carbonyl (C=O) groups excluding carboxylic acids is 1. The predicted octanol–water partition coefficient (Wildman–Crippen LogP) is 2.97. The predicted molar refractivity (Wildman–Crippen MR) is 124 cm³/mol. The summed E-state index contributed by atoms with van der Waals surface area (Å²) in [6.07, 6.45) is 3.33. The zero-order valence-electron chi connectivity index (χ0n) is 17.8. The zero-order chi connectivity index (χ0) is 22.7. The van der Waals surface area contributed by atoms with Gasteiger partial charge in [-0.1, -0.05) is 66.5 Å². The first-order chi connectivity index (χ1) is 15.5. The molecule has 0 N–H and O–H groups in total. The zero-order valence-corrected chi connectivity index (χ0v) is 18.6. The molecule has 0 saturated heterocycles. The fourth-order valence-corrected chi connectivity index (χ4v) is 4.64. The Morgan fingerprint density at radius 2 is 1.91 bits per heavy atom. The van der Waals surface area contributed by atoms with Crippen molar-refractivity contribution in [3.63, 3.8) is 0 Å². The Bertz CT molecular complexity index is 1370. The minimum atomic E-state index is -0.622. The van der Waals surface area contributed by atoms with Crippen LogP contribution < -0.4 is 19.6 Å². The fourth-order valence-electron chi connectivity index (χ4n) is 3.60. The lowest BCUT2D eigenvalue weighted by Gasteiger charge is -2.24. The Labute approximate surface area is 189 Å². The Morgan fingerprint density at radius 3 is 2.56 bits per heavy atom. The Kier molecular flexibility index (Phi) is 6.18. The number of allylic oxidation sites excluding steroid dienone is 1. The lowest BCUT2D eigenvalue weighted by atomic mass is 9.96. The molecule has 7 heteroatoms. The lowest BCUT2D eigenvalue weighted by Crippen LogP contribution is -2.39. The van der Waals surface area contributed by atoms with Crippen LogP contribution >= 0.6 is 11.3 Å². The van der Waals surface area contributed by atoms with Crippen LogP contribution in [-0.4, -0.2) is 24.3 Å². The summed E-state index contributed by atoms with van der Waals surface area (Å²) in [6.45, 7) is 5.44. The monoisotopic (exact) mass is 446 g/mol. The number of nitrogens with zero attached hydrogens (tertiary/aromatic N) is 2. The van der Waals surface area contributed by atoms with Gasteiger partial charge in [0.05, 0.1) is 29.0 Å². The quantitative estimate of drug-likeness (QED) is 0.431. The summed E-state index contributed by atoms with van der Waals surface area (Å²) in [5, 5.41) is 0. The standard InChI is InChI=1S/C25H22N2O4S/c1-4-14-31-24(29)21-16(2)26-25-27(22(21)18-8-6-5-7-9-18)23(28)20(32-25)15-17-10-12-19(30-3)13-11-17/h4-13,15,22H,1,14H2,2-3H3/b20-15+. The van der Waals surface area contributed by atoms with Gasteiger partial charge in [-0.25, -0.2) is 9.79 Å². The Hall–Kier alpha value is -3.71. The molecule has 162 valence electrons. The molecule has 1 aliphatic rings. The van der Waals surface area contributed by atoms with Crippen LogP contribution in [0.5, 0.6) is 5.75 Å². The number of fused-ring (bicyclic) bond motifs is 1. The van der Waals surface area contributed by atoms with E-state index < -0.39 is 12.0 Å². The van der Waals surface area contributed by atoms with Gasteiger partial charge in [0.15, 0.2) is 4.80 Å². The van der Waals surface area contributed by atoms with Gasteiger partial charge in [-0.15, -0.1) is 0 Å². The van der Waals surface area contributed by atoms with E-state index in [1.807, 2.05) is 60.7 Å². The summed E-state index contributed by atoms with van der Waals surface area (Å²) in [7, 11) is 1.61. The molecule has 0 spiro atoms. The van der Waals surface area contributed by atoms with E-state index in [9.17, 15) is 9.59 Å². The number of ether oxygens (including phenoxy) is 2. The van der Waals surface area contributed by atoms with E-state index in [0.29, 0.717) is 20.6 Å². The van der Waals surface area contributed by atoms with Crippen molar-refractivity contribution in [3.8, 4) is 5.75 Å². The summed E-state index contributed by atoms with van der Waals surface area (Å²) >= 11 is 1.30. The number of benzene rings is 2. The van der Waals surface area contributed by atoms with E-state index in [1.54, 1.807) is 18.6 Å². The van der Waals surface area contributed by atoms with Crippen LogP contribution in [0, 0.1) is 0 Å². The molecule has 0 saturated carbocycles. The molecule has 3 aromatic rings. The van der Waals surface area contributed by atoms with Crippen LogP contribution in [0.25, 0.3) is 6.08 Å². The number of hydrogen-bond acceptors (Lipinski definition) is 6. The maximum absolute atomic E-state index is 13.5. The minimum absolute atomic E-state index is 0.0824. The second kappa shape index (κ2) is 9.20. The summed E-state index contributed by atoms with van der Waals surface area (Å²) in [4.78, 5) is 31.5. The molecule has 2 heterocycles. The van der Waals surface area contributed by atoms with Gasteiger partial charge >= 0.3 is 5.97 Å². The van der Waals surface area contributed by atoms with Gasteiger partial charge in [-0.3, -0.25) is 9.36 Å². The smallest absolute Gasteiger partial charge is 0.338 e. The maximum Gasteiger partial charge on any atom is 0.338 e. The van der Waals surface area contributed by atoms with E-state index >= 15 is 0 Å². The van der Waals surface area contributed by atoms with E-state index in [4.69, 9.17) is 9.47 Å². The highest BCUT2D eigenvalue weighted by Gasteiger charge is 2.33. The molecule has 32 heavy (non-hydrogen) atoms. The van der Waals surface area contributed by atoms with Crippen LogP contribution in [0.1, 0.15) is 24.1 Å². The van der Waals surface area contributed by atoms with Gasteiger partial charge in [0, 0.05) is 0 Å². The van der Waals surface area contributed by atoms with Gasteiger partial charge in [0.2, 0.25) is 0 Å². The molecule has 0 radical (unpaired) electrons. The average Bonchev–Trinajstić information content (AvgIpc) is 3.12. The third-order valence-corrected chi connectivity index (χ3v) is 6.09. The van der Waals surface area contributed by atoms with Crippen molar-refractivity contribution in [1.29, 1.82) is 0 Å². The molecule has 0 fully saturated rings. The first-order valence-corrected chi connectivity index (χ1v) is 10.8. The third-order valence-electron chi connectivity index (χ3n) is 5.10. The van der Waals surface area contributed by atoms with E-state index in [0.717, 1.165) is 16.9 Å². The molecule has 0 amide bonds. The number of methoxy groups -OCH3 is 1. The number of rotatable bonds is 6. The van der Waals surface area contributed by atoms with Gasteiger partial charge in [0.25, 0.3) is 5.56 Å². The molecule has 0 aliphatic carbocycles. The second-order valence-electron chi connectivity index (χ2n) is 7.15. The topological polar surface area (TPSA) is 69.9 Å². The Balaban J connectivity index is 1.89. The van der Waals surface area contributed by atoms with Crippen LogP contribution in [0.4, 0.5) is 0 Å². The van der Waals surface area contributed by atoms with Gasteiger partial charge < -0.3 is 9.47 Å². The molecule has 2 aromatic carbocycles. The number of aromatic nitrogens is 1.